The fourth-order valence-electron chi connectivity index (χ4n) is 2.16. The summed E-state index contributed by atoms with van der Waals surface area (Å²) in [6.07, 6.45) is 2.31. The molecule has 2 heterocycles. The number of fused-ring (bicyclic) bond motifs is 1. The van der Waals surface area contributed by atoms with Gasteiger partial charge in [0, 0.05) is 17.8 Å². The number of aromatic nitrogens is 2. The fourth-order valence-corrected chi connectivity index (χ4v) is 2.16. The van der Waals surface area contributed by atoms with Crippen LogP contribution in [0.4, 0.5) is 8.78 Å². The summed E-state index contributed by atoms with van der Waals surface area (Å²) in [6.45, 7) is 1.64. The van der Waals surface area contributed by atoms with Crippen LogP contribution in [0, 0.1) is 18.6 Å². The maximum atomic E-state index is 13.5. The van der Waals surface area contributed by atoms with Crippen molar-refractivity contribution in [1.29, 1.82) is 0 Å². The van der Waals surface area contributed by atoms with Crippen molar-refractivity contribution in [2.75, 3.05) is 0 Å². The van der Waals surface area contributed by atoms with Crippen molar-refractivity contribution in [1.82, 2.24) is 9.72 Å². The molecular weight excluding hydrogens is 298 g/mol. The van der Waals surface area contributed by atoms with Crippen LogP contribution < -0.4 is 5.43 Å². The van der Waals surface area contributed by atoms with E-state index in [1.54, 1.807) is 6.92 Å². The summed E-state index contributed by atoms with van der Waals surface area (Å²) in [5, 5.41) is 12.5. The predicted octanol–water partition coefficient (Wildman–Crippen LogP) is 2.26. The van der Waals surface area contributed by atoms with E-state index in [4.69, 9.17) is 9.63 Å². The number of halogens is 2. The van der Waals surface area contributed by atoms with Crippen LogP contribution in [0.3, 0.4) is 0 Å². The lowest BCUT2D eigenvalue weighted by molar-refractivity contribution is 0.0695. The maximum absolute atomic E-state index is 13.5. The van der Waals surface area contributed by atoms with Crippen molar-refractivity contribution in [2.45, 2.75) is 6.92 Å². The van der Waals surface area contributed by atoms with Gasteiger partial charge in [-0.25, -0.2) is 13.6 Å². The molecule has 3 rings (SSSR count). The Kier molecular flexibility index (Phi) is 3.01. The number of hydrogen-bond donors (Lipinski definition) is 1. The summed E-state index contributed by atoms with van der Waals surface area (Å²) >= 11 is 0. The van der Waals surface area contributed by atoms with E-state index in [2.05, 4.69) is 5.16 Å². The third-order valence-corrected chi connectivity index (χ3v) is 3.23. The van der Waals surface area contributed by atoms with E-state index < -0.39 is 28.6 Å². The van der Waals surface area contributed by atoms with Gasteiger partial charge in [-0.2, -0.15) is 0 Å². The molecule has 6 nitrogen and oxygen atoms in total. The molecular formula is C14H8F2N2O4. The number of pyridine rings is 1. The molecule has 0 unspecified atom stereocenters. The number of rotatable bonds is 2. The van der Waals surface area contributed by atoms with Gasteiger partial charge in [0.2, 0.25) is 5.43 Å². The Bertz CT molecular complexity index is 975. The molecule has 0 fully saturated rings. The highest BCUT2D eigenvalue weighted by Gasteiger charge is 2.19. The second-order valence-electron chi connectivity index (χ2n) is 4.65. The van der Waals surface area contributed by atoms with Crippen molar-refractivity contribution in [3.63, 3.8) is 0 Å². The topological polar surface area (TPSA) is 85.3 Å². The van der Waals surface area contributed by atoms with E-state index in [1.165, 1.54) is 10.8 Å². The number of benzene rings is 1. The molecule has 22 heavy (non-hydrogen) atoms. The summed E-state index contributed by atoms with van der Waals surface area (Å²) in [4.78, 5) is 23.3. The fraction of sp³-hybridized carbons (Fsp3) is 0.0714. The van der Waals surface area contributed by atoms with Gasteiger partial charge in [0.15, 0.2) is 17.5 Å². The summed E-state index contributed by atoms with van der Waals surface area (Å²) in [7, 11) is 0. The number of carboxylic acid groups (broad SMARTS) is 1. The molecule has 0 aliphatic carbocycles. The average molecular weight is 306 g/mol. The Labute approximate surface area is 121 Å². The van der Waals surface area contributed by atoms with Gasteiger partial charge >= 0.3 is 5.97 Å². The first-order valence-electron chi connectivity index (χ1n) is 6.09. The highest BCUT2D eigenvalue weighted by atomic mass is 19.2. The highest BCUT2D eigenvalue weighted by Crippen LogP contribution is 2.21. The Hall–Kier alpha value is -3.03. The molecule has 0 aliphatic rings. The van der Waals surface area contributed by atoms with E-state index >= 15 is 0 Å². The number of aromatic carboxylic acids is 1. The average Bonchev–Trinajstić information content (AvgIpc) is 2.87. The van der Waals surface area contributed by atoms with Crippen LogP contribution in [0.1, 0.15) is 15.9 Å². The van der Waals surface area contributed by atoms with Crippen LogP contribution in [0.25, 0.3) is 16.7 Å². The van der Waals surface area contributed by atoms with Gasteiger partial charge in [-0.3, -0.25) is 9.36 Å². The van der Waals surface area contributed by atoms with E-state index in [9.17, 15) is 18.4 Å². The highest BCUT2D eigenvalue weighted by molar-refractivity contribution is 5.93. The zero-order chi connectivity index (χ0) is 16.0. The third-order valence-electron chi connectivity index (χ3n) is 3.23. The molecule has 8 heteroatoms. The van der Waals surface area contributed by atoms with Gasteiger partial charge in [-0.1, -0.05) is 5.16 Å². The molecule has 1 aromatic carbocycles. The molecule has 112 valence electrons. The number of aryl methyl sites for hydroxylation is 1. The van der Waals surface area contributed by atoms with Crippen molar-refractivity contribution < 1.29 is 23.2 Å². The number of carboxylic acids is 1. The van der Waals surface area contributed by atoms with Crippen molar-refractivity contribution in [2.24, 2.45) is 0 Å². The van der Waals surface area contributed by atoms with E-state index in [-0.39, 0.29) is 16.7 Å². The Morgan fingerprint density at radius 2 is 2.00 bits per heavy atom. The smallest absolute Gasteiger partial charge is 0.341 e. The van der Waals surface area contributed by atoms with Gasteiger partial charge in [0.25, 0.3) is 0 Å². The molecule has 0 radical (unpaired) electrons. The van der Waals surface area contributed by atoms with Gasteiger partial charge < -0.3 is 9.63 Å². The lowest BCUT2D eigenvalue weighted by Crippen LogP contribution is -2.19. The SMILES string of the molecule is Cc1conc1-n1cc(C(=O)O)c(=O)c2cc(F)c(F)cc21. The largest absolute Gasteiger partial charge is 0.477 e. The van der Waals surface area contributed by atoms with Crippen LogP contribution in [0.15, 0.2) is 33.9 Å². The first-order chi connectivity index (χ1) is 10.4. The standard InChI is InChI=1S/C14H8F2N2O4/c1-6-5-22-17-13(6)18-4-8(14(20)21)12(19)7-2-9(15)10(16)3-11(7)18/h2-5H,1H3,(H,20,21). The third kappa shape index (κ3) is 1.96. The van der Waals surface area contributed by atoms with Crippen LogP contribution in [0.2, 0.25) is 0 Å². The maximum Gasteiger partial charge on any atom is 0.341 e. The molecule has 1 N–H and O–H groups in total. The molecule has 0 amide bonds. The summed E-state index contributed by atoms with van der Waals surface area (Å²) in [5.41, 5.74) is -0.961. The Balaban J connectivity index is 2.53. The van der Waals surface area contributed by atoms with Gasteiger partial charge in [-0.05, 0) is 13.0 Å². The van der Waals surface area contributed by atoms with Crippen LogP contribution >= 0.6 is 0 Å². The second kappa shape index (κ2) is 4.76. The molecule has 0 spiro atoms. The minimum Gasteiger partial charge on any atom is -0.477 e. The monoisotopic (exact) mass is 306 g/mol. The summed E-state index contributed by atoms with van der Waals surface area (Å²) in [6, 6.07) is 1.48. The van der Waals surface area contributed by atoms with E-state index in [0.29, 0.717) is 11.6 Å². The number of nitrogens with zero attached hydrogens (tertiary/aromatic N) is 2. The lowest BCUT2D eigenvalue weighted by Gasteiger charge is -2.10. The second-order valence-corrected chi connectivity index (χ2v) is 4.65. The predicted molar refractivity (Wildman–Crippen MR) is 71.2 cm³/mol. The molecule has 0 aliphatic heterocycles. The Morgan fingerprint density at radius 3 is 2.59 bits per heavy atom. The lowest BCUT2D eigenvalue weighted by atomic mass is 10.1. The zero-order valence-electron chi connectivity index (χ0n) is 11.1. The van der Waals surface area contributed by atoms with Crippen LogP contribution in [0.5, 0.6) is 0 Å². The first-order valence-corrected chi connectivity index (χ1v) is 6.09. The van der Waals surface area contributed by atoms with E-state index in [0.717, 1.165) is 12.3 Å². The molecule has 0 saturated carbocycles. The van der Waals surface area contributed by atoms with Crippen LogP contribution in [-0.2, 0) is 0 Å². The molecule has 2 aromatic heterocycles. The van der Waals surface area contributed by atoms with Crippen molar-refractivity contribution in [3.8, 4) is 5.82 Å². The summed E-state index contributed by atoms with van der Waals surface area (Å²) in [5.74, 6) is -3.70. The number of carbonyl (C=O) groups is 1. The van der Waals surface area contributed by atoms with E-state index in [1.807, 2.05) is 0 Å². The zero-order valence-corrected chi connectivity index (χ0v) is 11.1. The van der Waals surface area contributed by atoms with Crippen LogP contribution in [-0.4, -0.2) is 20.8 Å². The summed E-state index contributed by atoms with van der Waals surface area (Å²) < 4.78 is 32.9. The minimum atomic E-state index is -1.48. The molecule has 3 aromatic rings. The number of hydrogen-bond acceptors (Lipinski definition) is 4. The molecule has 0 bridgehead atoms. The quantitative estimate of drug-likeness (QED) is 0.785. The van der Waals surface area contributed by atoms with Gasteiger partial charge in [0.05, 0.1) is 10.9 Å². The minimum absolute atomic E-state index is 0.00843. The molecule has 0 atom stereocenters. The normalized spacial score (nSPS) is 11.0. The molecule has 0 saturated heterocycles. The van der Waals surface area contributed by atoms with Gasteiger partial charge in [-0.15, -0.1) is 0 Å². The van der Waals surface area contributed by atoms with Gasteiger partial charge in [0.1, 0.15) is 11.8 Å². The van der Waals surface area contributed by atoms with Crippen molar-refractivity contribution >= 4 is 16.9 Å². The Morgan fingerprint density at radius 1 is 1.32 bits per heavy atom. The first kappa shape index (κ1) is 13.9. The van der Waals surface area contributed by atoms with Crippen molar-refractivity contribution in [3.05, 3.63) is 57.6 Å².